The maximum atomic E-state index is 13.6. The maximum absolute atomic E-state index is 13.6. The van der Waals surface area contributed by atoms with Crippen molar-refractivity contribution in [1.29, 1.82) is 0 Å². The Morgan fingerprint density at radius 2 is 1.65 bits per heavy atom. The molecule has 3 saturated heterocycles. The van der Waals surface area contributed by atoms with Crippen molar-refractivity contribution in [3.63, 3.8) is 0 Å². The van der Waals surface area contributed by atoms with Crippen LogP contribution in [0.2, 0.25) is 0 Å². The molecule has 5 rings (SSSR count). The highest BCUT2D eigenvalue weighted by Crippen LogP contribution is 2.39. The number of hydrogen-bond acceptors (Lipinski definition) is 8. The Morgan fingerprint density at radius 1 is 1.02 bits per heavy atom. The van der Waals surface area contributed by atoms with E-state index in [1.165, 1.54) is 34.6 Å². The summed E-state index contributed by atoms with van der Waals surface area (Å²) in [5, 5.41) is 10.1. The predicted octanol–water partition coefficient (Wildman–Crippen LogP) is 3.06. The second kappa shape index (κ2) is 10.9. The molecule has 0 saturated carbocycles. The molecule has 3 aliphatic rings. The SMILES string of the molecule is CC(O)(c1ccc(N2CCN(S(=O)(=O)c3ccccc3S)C[C@@H]2CN2C3COCC2CC(=O)C3)cc1)C(F)(F)F. The van der Waals surface area contributed by atoms with Crippen molar-refractivity contribution in [3.05, 3.63) is 54.1 Å². The molecule has 4 atom stereocenters. The quantitative estimate of drug-likeness (QED) is 0.494. The van der Waals surface area contributed by atoms with Crippen LogP contribution in [0, 0.1) is 0 Å². The van der Waals surface area contributed by atoms with Gasteiger partial charge in [-0.2, -0.15) is 17.5 Å². The second-order valence-corrected chi connectivity index (χ2v) is 13.2. The van der Waals surface area contributed by atoms with Gasteiger partial charge in [0.2, 0.25) is 10.0 Å². The first-order chi connectivity index (χ1) is 18.8. The van der Waals surface area contributed by atoms with Crippen LogP contribution in [0.25, 0.3) is 0 Å². The van der Waals surface area contributed by atoms with E-state index in [9.17, 15) is 31.5 Å². The van der Waals surface area contributed by atoms with Gasteiger partial charge in [0.1, 0.15) is 5.78 Å². The summed E-state index contributed by atoms with van der Waals surface area (Å²) >= 11 is 4.35. The summed E-state index contributed by atoms with van der Waals surface area (Å²) in [4.78, 5) is 16.9. The van der Waals surface area contributed by atoms with E-state index < -0.39 is 21.8 Å². The molecule has 40 heavy (non-hydrogen) atoms. The molecule has 0 radical (unpaired) electrons. The topological polar surface area (TPSA) is 90.4 Å². The number of morpholine rings is 1. The van der Waals surface area contributed by atoms with Gasteiger partial charge < -0.3 is 14.7 Å². The number of Topliss-reactive ketones (excluding diaryl/α,β-unsaturated/α-hetero) is 1. The molecule has 2 bridgehead atoms. The first kappa shape index (κ1) is 29.3. The number of carbonyl (C=O) groups excluding carboxylic acids is 1. The summed E-state index contributed by atoms with van der Waals surface area (Å²) in [5.41, 5.74) is -2.67. The van der Waals surface area contributed by atoms with Crippen LogP contribution in [0.5, 0.6) is 0 Å². The molecule has 3 unspecified atom stereocenters. The largest absolute Gasteiger partial charge is 0.421 e. The molecule has 2 aromatic rings. The van der Waals surface area contributed by atoms with Gasteiger partial charge in [0.25, 0.3) is 0 Å². The summed E-state index contributed by atoms with van der Waals surface area (Å²) in [7, 11) is -3.87. The van der Waals surface area contributed by atoms with Crippen LogP contribution >= 0.6 is 12.6 Å². The van der Waals surface area contributed by atoms with Crippen molar-refractivity contribution in [2.45, 2.75) is 59.5 Å². The third kappa shape index (κ3) is 5.51. The van der Waals surface area contributed by atoms with Crippen LogP contribution in [-0.4, -0.2) is 92.2 Å². The van der Waals surface area contributed by atoms with Crippen molar-refractivity contribution < 1.29 is 36.2 Å². The van der Waals surface area contributed by atoms with Crippen molar-refractivity contribution >= 4 is 34.1 Å². The van der Waals surface area contributed by atoms with Crippen LogP contribution in [0.3, 0.4) is 0 Å². The van der Waals surface area contributed by atoms with E-state index >= 15 is 0 Å². The molecule has 0 aliphatic carbocycles. The minimum Gasteiger partial charge on any atom is -0.378 e. The van der Waals surface area contributed by atoms with Crippen LogP contribution in [0.4, 0.5) is 18.9 Å². The maximum Gasteiger partial charge on any atom is 0.421 e. The number of benzene rings is 2. The molecule has 0 amide bonds. The highest BCUT2D eigenvalue weighted by atomic mass is 32.2. The molecule has 3 fully saturated rings. The van der Waals surface area contributed by atoms with Gasteiger partial charge in [0.15, 0.2) is 5.60 Å². The number of hydrogen-bond donors (Lipinski definition) is 2. The zero-order valence-electron chi connectivity index (χ0n) is 21.9. The van der Waals surface area contributed by atoms with Gasteiger partial charge in [-0.05, 0) is 36.8 Å². The molecule has 3 aliphatic heterocycles. The number of nitrogens with zero attached hydrogens (tertiary/aromatic N) is 3. The molecule has 8 nitrogen and oxygen atoms in total. The molecular weight excluding hydrogens is 567 g/mol. The van der Waals surface area contributed by atoms with Gasteiger partial charge >= 0.3 is 6.18 Å². The number of carbonyl (C=O) groups is 1. The summed E-state index contributed by atoms with van der Waals surface area (Å²) in [6, 6.07) is 11.5. The average molecular weight is 600 g/mol. The van der Waals surface area contributed by atoms with Crippen molar-refractivity contribution in [1.82, 2.24) is 9.21 Å². The van der Waals surface area contributed by atoms with E-state index in [2.05, 4.69) is 17.5 Å². The van der Waals surface area contributed by atoms with Crippen LogP contribution < -0.4 is 4.90 Å². The zero-order valence-corrected chi connectivity index (χ0v) is 23.6. The number of aliphatic hydroxyl groups is 1. The standard InChI is InChI=1S/C27H32F3N3O5S2/c1-26(35,27(28,29)30)18-6-8-19(9-7-18)32-11-10-31(40(36,37)25-5-3-2-4-24(25)39)14-22(32)15-33-20-12-23(34)13-21(33)17-38-16-20/h2-9,20-22,35,39H,10-17H2,1H3/t20?,21?,22-,26?/m1/s1. The van der Waals surface area contributed by atoms with E-state index in [4.69, 9.17) is 4.74 Å². The van der Waals surface area contributed by atoms with E-state index in [1.807, 2.05) is 4.90 Å². The minimum absolute atomic E-state index is 0.109. The van der Waals surface area contributed by atoms with Gasteiger partial charge in [-0.1, -0.05) is 24.3 Å². The fraction of sp³-hybridized carbons (Fsp3) is 0.519. The summed E-state index contributed by atoms with van der Waals surface area (Å²) in [6.07, 6.45) is -4.12. The number of halogens is 3. The molecule has 13 heteroatoms. The lowest BCUT2D eigenvalue weighted by atomic mass is 9.92. The van der Waals surface area contributed by atoms with Crippen molar-refractivity contribution in [2.75, 3.05) is 44.3 Å². The smallest absolute Gasteiger partial charge is 0.378 e. The van der Waals surface area contributed by atoms with Gasteiger partial charge in [-0.15, -0.1) is 12.6 Å². The molecule has 1 N–H and O–H groups in total. The molecule has 218 valence electrons. The van der Waals surface area contributed by atoms with Gasteiger partial charge in [-0.3, -0.25) is 9.69 Å². The highest BCUT2D eigenvalue weighted by molar-refractivity contribution is 7.90. The Morgan fingerprint density at radius 3 is 2.25 bits per heavy atom. The Labute approximate surface area is 237 Å². The lowest BCUT2D eigenvalue weighted by molar-refractivity contribution is -0.258. The number of anilines is 1. The molecule has 0 spiro atoms. The number of alkyl halides is 3. The molecule has 3 heterocycles. The number of piperazine rings is 1. The number of thiol groups is 1. The van der Waals surface area contributed by atoms with E-state index in [0.717, 1.165) is 0 Å². The lowest BCUT2D eigenvalue weighted by Crippen LogP contribution is -2.64. The van der Waals surface area contributed by atoms with Gasteiger partial charge in [-0.25, -0.2) is 8.42 Å². The van der Waals surface area contributed by atoms with Gasteiger partial charge in [0.05, 0.1) is 24.2 Å². The first-order valence-corrected chi connectivity index (χ1v) is 15.0. The summed E-state index contributed by atoms with van der Waals surface area (Å²) in [6.45, 7) is 2.58. The third-order valence-electron chi connectivity index (χ3n) is 8.15. The number of ketones is 1. The number of sulfonamides is 1. The van der Waals surface area contributed by atoms with Gasteiger partial charge in [0, 0.05) is 61.7 Å². The van der Waals surface area contributed by atoms with Crippen molar-refractivity contribution in [2.24, 2.45) is 0 Å². The molecular formula is C27H32F3N3O5S2. The number of rotatable bonds is 6. The Kier molecular flexibility index (Phi) is 8.01. The average Bonchev–Trinajstić information content (AvgIpc) is 2.89. The Hall–Kier alpha value is -2.16. The summed E-state index contributed by atoms with van der Waals surface area (Å²) in [5.74, 6) is 0.178. The first-order valence-electron chi connectivity index (χ1n) is 13.1. The number of fused-ring (bicyclic) bond motifs is 2. The van der Waals surface area contributed by atoms with E-state index in [1.54, 1.807) is 18.2 Å². The highest BCUT2D eigenvalue weighted by Gasteiger charge is 2.51. The predicted molar refractivity (Wildman–Crippen MR) is 145 cm³/mol. The van der Waals surface area contributed by atoms with Crippen LogP contribution in [-0.2, 0) is 25.2 Å². The monoisotopic (exact) mass is 599 g/mol. The molecule has 2 aromatic carbocycles. The number of ether oxygens (including phenoxy) is 1. The summed E-state index contributed by atoms with van der Waals surface area (Å²) < 4.78 is 74.5. The molecule has 0 aromatic heterocycles. The number of piperidine rings is 1. The zero-order chi connectivity index (χ0) is 28.9. The minimum atomic E-state index is -4.84. The Bertz CT molecular complexity index is 1340. The van der Waals surface area contributed by atoms with Crippen LogP contribution in [0.15, 0.2) is 58.3 Å². The lowest BCUT2D eigenvalue weighted by Gasteiger charge is -2.50. The van der Waals surface area contributed by atoms with E-state index in [-0.39, 0.29) is 47.5 Å². The van der Waals surface area contributed by atoms with E-state index in [0.29, 0.717) is 56.7 Å². The Balaban J connectivity index is 1.45. The second-order valence-electron chi connectivity index (χ2n) is 10.8. The fourth-order valence-electron chi connectivity index (χ4n) is 5.83. The van der Waals surface area contributed by atoms with Crippen LogP contribution in [0.1, 0.15) is 25.3 Å². The normalized spacial score (nSPS) is 26.5. The van der Waals surface area contributed by atoms with Crippen molar-refractivity contribution in [3.8, 4) is 0 Å². The third-order valence-corrected chi connectivity index (χ3v) is 10.6. The fourth-order valence-corrected chi connectivity index (χ4v) is 7.89.